The van der Waals surface area contributed by atoms with Gasteiger partial charge < -0.3 is 4.90 Å². The fourth-order valence-electron chi connectivity index (χ4n) is 2.77. The van der Waals surface area contributed by atoms with E-state index >= 15 is 0 Å². The summed E-state index contributed by atoms with van der Waals surface area (Å²) in [5, 5.41) is 0. The smallest absolute Gasteiger partial charge is 0.223 e. The van der Waals surface area contributed by atoms with Crippen LogP contribution in [0.4, 0.5) is 0 Å². The summed E-state index contributed by atoms with van der Waals surface area (Å²) in [4.78, 5) is 14.0. The molecule has 8 heteroatoms. The van der Waals surface area contributed by atoms with Crippen LogP contribution in [0.25, 0.3) is 0 Å². The Hall–Kier alpha value is -1.41. The molecule has 1 atom stereocenters. The van der Waals surface area contributed by atoms with Crippen molar-refractivity contribution in [2.24, 2.45) is 0 Å². The largest absolute Gasteiger partial charge is 0.339 e. The van der Waals surface area contributed by atoms with Crippen LogP contribution in [0.1, 0.15) is 19.8 Å². The van der Waals surface area contributed by atoms with Gasteiger partial charge in [-0.3, -0.25) is 4.79 Å². The van der Waals surface area contributed by atoms with Crippen LogP contribution in [0.5, 0.6) is 0 Å². The van der Waals surface area contributed by atoms with Gasteiger partial charge in [0.2, 0.25) is 5.91 Å². The lowest BCUT2D eigenvalue weighted by Gasteiger charge is -2.26. The number of sulfone groups is 2. The van der Waals surface area contributed by atoms with Crippen LogP contribution >= 0.6 is 0 Å². The zero-order valence-electron chi connectivity index (χ0n) is 13.0. The Morgan fingerprint density at radius 1 is 1.26 bits per heavy atom. The van der Waals surface area contributed by atoms with E-state index in [1.165, 1.54) is 17.0 Å². The number of hydrogen-bond acceptors (Lipinski definition) is 5. The van der Waals surface area contributed by atoms with E-state index in [1.54, 1.807) is 25.1 Å². The molecule has 0 bridgehead atoms. The molecule has 0 aromatic heterocycles. The topological polar surface area (TPSA) is 88.6 Å². The van der Waals surface area contributed by atoms with Gasteiger partial charge in [-0.15, -0.1) is 0 Å². The van der Waals surface area contributed by atoms with Crippen LogP contribution in [0, 0.1) is 0 Å². The van der Waals surface area contributed by atoms with Gasteiger partial charge in [0.25, 0.3) is 0 Å². The molecule has 1 aliphatic heterocycles. The summed E-state index contributed by atoms with van der Waals surface area (Å²) in [5.41, 5.74) is 0. The molecule has 23 heavy (non-hydrogen) atoms. The molecule has 6 nitrogen and oxygen atoms in total. The molecule has 0 spiro atoms. The maximum atomic E-state index is 12.3. The lowest BCUT2D eigenvalue weighted by molar-refractivity contribution is -0.132. The summed E-state index contributed by atoms with van der Waals surface area (Å²) in [7, 11) is -6.59. The third kappa shape index (κ3) is 4.54. The Bertz CT molecular complexity index is 756. The van der Waals surface area contributed by atoms with E-state index in [9.17, 15) is 21.6 Å². The summed E-state index contributed by atoms with van der Waals surface area (Å²) < 4.78 is 47.5. The number of carbonyl (C=O) groups is 1. The molecule has 1 fully saturated rings. The Morgan fingerprint density at radius 3 is 2.43 bits per heavy atom. The highest BCUT2D eigenvalue weighted by atomic mass is 32.2. The Kier molecular flexibility index (Phi) is 5.46. The van der Waals surface area contributed by atoms with Crippen molar-refractivity contribution < 1.29 is 21.6 Å². The molecular formula is C15H21NO5S2. The number of hydrogen-bond donors (Lipinski definition) is 0. The van der Waals surface area contributed by atoms with Crippen molar-refractivity contribution in [2.75, 3.05) is 23.8 Å². The van der Waals surface area contributed by atoms with Crippen LogP contribution < -0.4 is 0 Å². The number of amides is 1. The highest BCUT2D eigenvalue weighted by Crippen LogP contribution is 2.19. The molecule has 2 rings (SSSR count). The highest BCUT2D eigenvalue weighted by molar-refractivity contribution is 7.91. The van der Waals surface area contributed by atoms with Gasteiger partial charge in [-0.25, -0.2) is 16.8 Å². The fraction of sp³-hybridized carbons (Fsp3) is 0.533. The Labute approximate surface area is 137 Å². The van der Waals surface area contributed by atoms with Gasteiger partial charge in [0.05, 0.1) is 22.2 Å². The molecular weight excluding hydrogens is 338 g/mol. The monoisotopic (exact) mass is 359 g/mol. The van der Waals surface area contributed by atoms with Crippen LogP contribution in [0.15, 0.2) is 35.2 Å². The van der Waals surface area contributed by atoms with E-state index in [1.807, 2.05) is 0 Å². The minimum atomic E-state index is -3.51. The van der Waals surface area contributed by atoms with Crippen molar-refractivity contribution in [1.82, 2.24) is 4.90 Å². The zero-order chi connectivity index (χ0) is 17.1. The van der Waals surface area contributed by atoms with E-state index in [0.29, 0.717) is 13.0 Å². The first-order chi connectivity index (χ1) is 10.7. The highest BCUT2D eigenvalue weighted by Gasteiger charge is 2.34. The van der Waals surface area contributed by atoms with E-state index in [-0.39, 0.29) is 40.5 Å². The Balaban J connectivity index is 2.01. The van der Waals surface area contributed by atoms with Gasteiger partial charge in [-0.05, 0) is 25.5 Å². The molecule has 0 saturated carbocycles. The molecule has 1 aromatic rings. The van der Waals surface area contributed by atoms with Gasteiger partial charge in [0.15, 0.2) is 19.7 Å². The third-order valence-electron chi connectivity index (χ3n) is 4.00. The van der Waals surface area contributed by atoms with Gasteiger partial charge >= 0.3 is 0 Å². The van der Waals surface area contributed by atoms with Gasteiger partial charge in [-0.1, -0.05) is 18.2 Å². The molecule has 1 aliphatic rings. The Morgan fingerprint density at radius 2 is 1.91 bits per heavy atom. The summed E-state index contributed by atoms with van der Waals surface area (Å²) in [6.45, 7) is 2.15. The summed E-state index contributed by atoms with van der Waals surface area (Å²) in [6.07, 6.45) is 0.287. The van der Waals surface area contributed by atoms with Crippen molar-refractivity contribution in [3.05, 3.63) is 30.3 Å². The molecule has 0 N–H and O–H groups in total. The summed E-state index contributed by atoms with van der Waals surface area (Å²) in [5.74, 6) is -0.526. The van der Waals surface area contributed by atoms with Crippen molar-refractivity contribution in [2.45, 2.75) is 30.7 Å². The molecule has 1 aromatic carbocycles. The van der Waals surface area contributed by atoms with Crippen LogP contribution in [0.2, 0.25) is 0 Å². The van der Waals surface area contributed by atoms with Crippen LogP contribution in [-0.4, -0.2) is 57.5 Å². The lowest BCUT2D eigenvalue weighted by atomic mass is 10.2. The van der Waals surface area contributed by atoms with E-state index < -0.39 is 19.7 Å². The average molecular weight is 359 g/mol. The molecule has 0 radical (unpaired) electrons. The van der Waals surface area contributed by atoms with Gasteiger partial charge in [0, 0.05) is 19.0 Å². The van der Waals surface area contributed by atoms with Crippen molar-refractivity contribution in [3.63, 3.8) is 0 Å². The third-order valence-corrected chi connectivity index (χ3v) is 7.48. The molecule has 1 amide bonds. The first-order valence-electron chi connectivity index (χ1n) is 7.53. The maximum Gasteiger partial charge on any atom is 0.223 e. The number of nitrogens with zero attached hydrogens (tertiary/aromatic N) is 1. The predicted octanol–water partition coefficient (Wildman–Crippen LogP) is 0.886. The average Bonchev–Trinajstić information content (AvgIpc) is 2.87. The standard InChI is InChI=1S/C15H21NO5S2/c1-2-16(13-8-10-22(18,19)12-13)15(17)9-11-23(20,21)14-6-4-3-5-7-14/h3-7,13H,2,8-12H2,1H3. The first-order valence-corrected chi connectivity index (χ1v) is 11.0. The normalized spacial score (nSPS) is 20.3. The zero-order valence-corrected chi connectivity index (χ0v) is 14.6. The SMILES string of the molecule is CCN(C(=O)CCS(=O)(=O)c1ccccc1)C1CCS(=O)(=O)C1. The number of rotatable bonds is 6. The molecule has 1 saturated heterocycles. The summed E-state index contributed by atoms with van der Waals surface area (Å²) in [6, 6.07) is 7.66. The van der Waals surface area contributed by atoms with E-state index in [4.69, 9.17) is 0 Å². The maximum absolute atomic E-state index is 12.3. The minimum absolute atomic E-state index is 0.0297. The molecule has 0 aliphatic carbocycles. The summed E-state index contributed by atoms with van der Waals surface area (Å²) >= 11 is 0. The van der Waals surface area contributed by atoms with Crippen molar-refractivity contribution in [3.8, 4) is 0 Å². The van der Waals surface area contributed by atoms with Gasteiger partial charge in [0.1, 0.15) is 0 Å². The molecule has 1 heterocycles. The predicted molar refractivity (Wildman–Crippen MR) is 87.6 cm³/mol. The van der Waals surface area contributed by atoms with Crippen molar-refractivity contribution in [1.29, 1.82) is 0 Å². The van der Waals surface area contributed by atoms with Gasteiger partial charge in [-0.2, -0.15) is 0 Å². The molecule has 128 valence electrons. The van der Waals surface area contributed by atoms with E-state index in [2.05, 4.69) is 0 Å². The second kappa shape index (κ2) is 7.00. The van der Waals surface area contributed by atoms with E-state index in [0.717, 1.165) is 0 Å². The molecule has 1 unspecified atom stereocenters. The van der Waals surface area contributed by atoms with Crippen LogP contribution in [0.3, 0.4) is 0 Å². The first kappa shape index (κ1) is 17.9. The number of carbonyl (C=O) groups excluding carboxylic acids is 1. The minimum Gasteiger partial charge on any atom is -0.339 e. The van der Waals surface area contributed by atoms with Crippen molar-refractivity contribution >= 4 is 25.6 Å². The quantitative estimate of drug-likeness (QED) is 0.752. The second-order valence-electron chi connectivity index (χ2n) is 5.62. The lowest BCUT2D eigenvalue weighted by Crippen LogP contribution is -2.41. The second-order valence-corrected chi connectivity index (χ2v) is 9.96. The number of benzene rings is 1. The van der Waals surface area contributed by atoms with Crippen LogP contribution in [-0.2, 0) is 24.5 Å². The fourth-order valence-corrected chi connectivity index (χ4v) is 5.75.